The fourth-order valence-electron chi connectivity index (χ4n) is 7.74. The number of pyridine rings is 1. The normalized spacial score (nSPS) is 11.5. The molecule has 9 aromatic rings. The molecule has 276 valence electrons. The summed E-state index contributed by atoms with van der Waals surface area (Å²) >= 11 is 0. The van der Waals surface area contributed by atoms with Crippen LogP contribution in [0.15, 0.2) is 152 Å². The molecule has 0 aliphatic rings. The minimum Gasteiger partial charge on any atom is -0.509 e. The van der Waals surface area contributed by atoms with Crippen molar-refractivity contribution in [3.05, 3.63) is 181 Å². The van der Waals surface area contributed by atoms with Crippen LogP contribution in [0.2, 0.25) is 0 Å². The first-order valence-electron chi connectivity index (χ1n) is 18.7. The van der Waals surface area contributed by atoms with Gasteiger partial charge in [0, 0.05) is 40.5 Å². The molecule has 9 rings (SSSR count). The molecule has 5 nitrogen and oxygen atoms in total. The van der Waals surface area contributed by atoms with Crippen LogP contribution in [-0.2, 0) is 26.5 Å². The number of fused-ring (bicyclic) bond motifs is 3. The maximum atomic E-state index is 6.50. The molecule has 0 aliphatic carbocycles. The number of nitrogens with zero attached hydrogens (tertiary/aromatic N) is 4. The Morgan fingerprint density at radius 2 is 1.27 bits per heavy atom. The topological polar surface area (TPSA) is 44.9 Å². The Kier molecular flexibility index (Phi) is 9.82. The summed E-state index contributed by atoms with van der Waals surface area (Å²) in [7, 11) is 0. The average molecular weight is 908 g/mol. The molecule has 0 radical (unpaired) electrons. The molecule has 0 aliphatic heterocycles. The van der Waals surface area contributed by atoms with Gasteiger partial charge >= 0.3 is 21.1 Å². The van der Waals surface area contributed by atoms with Crippen molar-refractivity contribution in [2.75, 3.05) is 0 Å². The van der Waals surface area contributed by atoms with Gasteiger partial charge in [-0.2, -0.15) is 17.2 Å². The number of benzene rings is 6. The van der Waals surface area contributed by atoms with E-state index in [0.29, 0.717) is 11.5 Å². The second-order valence-electron chi connectivity index (χ2n) is 15.1. The number of aryl methyl sites for hydroxylation is 2. The predicted molar refractivity (Wildman–Crippen MR) is 224 cm³/mol. The van der Waals surface area contributed by atoms with Gasteiger partial charge in [-0.1, -0.05) is 111 Å². The van der Waals surface area contributed by atoms with Gasteiger partial charge < -0.3 is 9.30 Å². The summed E-state index contributed by atoms with van der Waals surface area (Å²) in [5, 5.41) is 7.11. The molecule has 0 unspecified atom stereocenters. The number of para-hydroxylation sites is 1. The van der Waals surface area contributed by atoms with Crippen molar-refractivity contribution >= 4 is 21.8 Å². The molecule has 56 heavy (non-hydrogen) atoms. The molecule has 0 fully saturated rings. The third-order valence-corrected chi connectivity index (χ3v) is 10.3. The average Bonchev–Trinajstić information content (AvgIpc) is 3.82. The van der Waals surface area contributed by atoms with E-state index < -0.39 is 0 Å². The Bertz CT molecular complexity index is 2780. The standard InChI is InChI=1S/C50H40N4O.Pt/c1-33-27-34(2)48(36-17-10-7-11-18-36)49(47(33)35-15-8-6-9-16-35)37-31-52-53(32-37)39-19-14-20-40(29-39)55-41-23-24-43-42-21-12-13-22-44(42)54(45(43)30-41)46-28-38(25-26-51-46)50(3,4)5;/h6-28,31-32H,1-5H3;/q-2;+2. The summed E-state index contributed by atoms with van der Waals surface area (Å²) in [4.78, 5) is 4.82. The zero-order chi connectivity index (χ0) is 37.7. The Morgan fingerprint density at radius 3 is 1.96 bits per heavy atom. The van der Waals surface area contributed by atoms with Gasteiger partial charge in [-0.25, -0.2) is 4.98 Å². The van der Waals surface area contributed by atoms with E-state index in [2.05, 4.69) is 167 Å². The van der Waals surface area contributed by atoms with Crippen LogP contribution in [-0.4, -0.2) is 19.3 Å². The van der Waals surface area contributed by atoms with E-state index >= 15 is 0 Å². The minimum atomic E-state index is -0.0159. The van der Waals surface area contributed by atoms with Crippen LogP contribution < -0.4 is 4.74 Å². The molecular weight excluding hydrogens is 868 g/mol. The van der Waals surface area contributed by atoms with Gasteiger partial charge in [0.25, 0.3) is 0 Å². The maximum Gasteiger partial charge on any atom is 2.00 e. The quantitative estimate of drug-likeness (QED) is 0.150. The van der Waals surface area contributed by atoms with E-state index in [1.54, 1.807) is 0 Å². The number of hydrogen-bond donors (Lipinski definition) is 0. The van der Waals surface area contributed by atoms with Gasteiger partial charge in [0.15, 0.2) is 0 Å². The van der Waals surface area contributed by atoms with Gasteiger partial charge in [0.2, 0.25) is 0 Å². The van der Waals surface area contributed by atoms with Crippen molar-refractivity contribution in [1.82, 2.24) is 19.3 Å². The minimum absolute atomic E-state index is 0. The summed E-state index contributed by atoms with van der Waals surface area (Å²) in [6.45, 7) is 11.1. The molecule has 0 amide bonds. The SMILES string of the molecule is Cc1cc(C)c(-c2ccccc2)c(-c2cnn(-c3[c-]c(Oc4[c-]c5c(cc4)c4ccccc4n5-c4cc(C(C)(C)C)ccn4)ccc3)c2)c1-c1ccccc1.[Pt+2]. The molecule has 0 bridgehead atoms. The summed E-state index contributed by atoms with van der Waals surface area (Å²) in [5.41, 5.74) is 13.3. The smallest absolute Gasteiger partial charge is 0.509 e. The molecule has 6 heteroatoms. The van der Waals surface area contributed by atoms with Crippen LogP contribution in [0.5, 0.6) is 11.5 Å². The number of ether oxygens (including phenoxy) is 1. The van der Waals surface area contributed by atoms with Gasteiger partial charge in [-0.3, -0.25) is 4.68 Å². The second-order valence-corrected chi connectivity index (χ2v) is 15.1. The Labute approximate surface area is 342 Å². The number of hydrogen-bond acceptors (Lipinski definition) is 3. The van der Waals surface area contributed by atoms with E-state index in [1.807, 2.05) is 41.3 Å². The van der Waals surface area contributed by atoms with E-state index in [1.165, 1.54) is 38.9 Å². The molecule has 3 heterocycles. The molecular formula is C50H40N4OPt. The number of rotatable bonds is 7. The van der Waals surface area contributed by atoms with Crippen molar-refractivity contribution in [2.45, 2.75) is 40.0 Å². The molecule has 0 N–H and O–H groups in total. The van der Waals surface area contributed by atoms with Crippen molar-refractivity contribution < 1.29 is 25.8 Å². The molecule has 0 saturated carbocycles. The Morgan fingerprint density at radius 1 is 0.607 bits per heavy atom. The molecule has 0 atom stereocenters. The van der Waals surface area contributed by atoms with Crippen LogP contribution in [0.25, 0.3) is 66.7 Å². The third-order valence-electron chi connectivity index (χ3n) is 10.3. The molecule has 3 aromatic heterocycles. The summed E-state index contributed by atoms with van der Waals surface area (Å²) in [6.07, 6.45) is 5.94. The summed E-state index contributed by atoms with van der Waals surface area (Å²) in [5.74, 6) is 2.01. The zero-order valence-electron chi connectivity index (χ0n) is 31.9. The summed E-state index contributed by atoms with van der Waals surface area (Å²) in [6, 6.07) is 53.3. The fraction of sp³-hybridized carbons (Fsp3) is 0.120. The maximum absolute atomic E-state index is 6.50. The molecule has 0 saturated heterocycles. The van der Waals surface area contributed by atoms with Gasteiger partial charge in [0.05, 0.1) is 6.20 Å². The third kappa shape index (κ3) is 6.78. The molecule has 0 spiro atoms. The van der Waals surface area contributed by atoms with Gasteiger partial charge in [-0.05, 0) is 87.5 Å². The van der Waals surface area contributed by atoms with Crippen molar-refractivity contribution in [2.24, 2.45) is 0 Å². The first-order valence-corrected chi connectivity index (χ1v) is 18.7. The van der Waals surface area contributed by atoms with Crippen LogP contribution in [0.3, 0.4) is 0 Å². The first kappa shape index (κ1) is 36.9. The molecule has 6 aromatic carbocycles. The zero-order valence-corrected chi connectivity index (χ0v) is 34.2. The van der Waals surface area contributed by atoms with E-state index in [4.69, 9.17) is 14.8 Å². The predicted octanol–water partition coefficient (Wildman–Crippen LogP) is 12.7. The van der Waals surface area contributed by atoms with Crippen molar-refractivity contribution in [3.8, 4) is 56.4 Å². The Balaban J connectivity index is 0.00000441. The summed E-state index contributed by atoms with van der Waals surface area (Å²) < 4.78 is 10.6. The second kappa shape index (κ2) is 14.9. The van der Waals surface area contributed by atoms with Crippen LogP contribution in [0.1, 0.15) is 37.5 Å². The van der Waals surface area contributed by atoms with Crippen LogP contribution >= 0.6 is 0 Å². The van der Waals surface area contributed by atoms with E-state index in [0.717, 1.165) is 44.4 Å². The fourth-order valence-corrected chi connectivity index (χ4v) is 7.74. The van der Waals surface area contributed by atoms with Crippen LogP contribution in [0.4, 0.5) is 0 Å². The van der Waals surface area contributed by atoms with E-state index in [9.17, 15) is 0 Å². The van der Waals surface area contributed by atoms with Gasteiger partial charge in [-0.15, -0.1) is 35.7 Å². The number of aromatic nitrogens is 4. The monoisotopic (exact) mass is 907 g/mol. The van der Waals surface area contributed by atoms with Crippen molar-refractivity contribution in [1.29, 1.82) is 0 Å². The van der Waals surface area contributed by atoms with Crippen molar-refractivity contribution in [3.63, 3.8) is 0 Å². The van der Waals surface area contributed by atoms with Gasteiger partial charge in [0.1, 0.15) is 5.82 Å². The first-order chi connectivity index (χ1) is 26.7. The Hall–Kier alpha value is -6.03. The largest absolute Gasteiger partial charge is 2.00 e. The van der Waals surface area contributed by atoms with E-state index in [-0.39, 0.29) is 26.5 Å². The van der Waals surface area contributed by atoms with Crippen LogP contribution in [0, 0.1) is 26.0 Å².